The van der Waals surface area contributed by atoms with Gasteiger partial charge in [-0.05, 0) is 13.3 Å². The van der Waals surface area contributed by atoms with E-state index in [0.29, 0.717) is 0 Å². The van der Waals surface area contributed by atoms with E-state index in [4.69, 9.17) is 21.1 Å². The van der Waals surface area contributed by atoms with Gasteiger partial charge in [-0.25, -0.2) is 4.79 Å². The Labute approximate surface area is 164 Å². The number of carbonyl (C=O) groups excluding carboxylic acids is 3. The van der Waals surface area contributed by atoms with Crippen LogP contribution in [0.25, 0.3) is 0 Å². The van der Waals surface area contributed by atoms with Crippen molar-refractivity contribution in [3.8, 4) is 0 Å². The molecule has 0 aromatic rings. The summed E-state index contributed by atoms with van der Waals surface area (Å²) in [6, 6.07) is -4.96. The molecule has 0 aliphatic carbocycles. The average Bonchev–Trinajstić information content (AvgIpc) is 2.60. The lowest BCUT2D eigenvalue weighted by atomic mass is 10.1. The van der Waals surface area contributed by atoms with Gasteiger partial charge in [0, 0.05) is 6.42 Å². The third kappa shape index (κ3) is 10.0. The van der Waals surface area contributed by atoms with E-state index in [2.05, 4.69) is 5.32 Å². The lowest BCUT2D eigenvalue weighted by molar-refractivity contribution is -0.144. The number of aliphatic hydroxyl groups is 1. The first-order valence-corrected chi connectivity index (χ1v) is 8.33. The van der Waals surface area contributed by atoms with Crippen molar-refractivity contribution in [3.05, 3.63) is 0 Å². The van der Waals surface area contributed by atoms with E-state index in [0.717, 1.165) is 6.92 Å². The molecule has 9 N–H and O–H groups in total. The molecule has 0 saturated carbocycles. The highest BCUT2D eigenvalue weighted by molar-refractivity contribution is 5.95. The molecule has 0 aliphatic rings. The fourth-order valence-electron chi connectivity index (χ4n) is 2.08. The van der Waals surface area contributed by atoms with E-state index >= 15 is 0 Å². The van der Waals surface area contributed by atoms with Gasteiger partial charge in [0.25, 0.3) is 0 Å². The van der Waals surface area contributed by atoms with Crippen LogP contribution in [0.1, 0.15) is 26.2 Å². The first-order chi connectivity index (χ1) is 13.4. The Kier molecular flexibility index (Phi) is 10.9. The molecule has 4 atom stereocenters. The number of hydrogen-bond donors (Lipinski definition) is 8. The summed E-state index contributed by atoms with van der Waals surface area (Å²) < 4.78 is 0. The van der Waals surface area contributed by atoms with Crippen molar-refractivity contribution in [2.45, 2.75) is 50.4 Å². The molecule has 14 nitrogen and oxygen atoms in total. The number of nitrogens with one attached hydrogen (secondary N) is 3. The molecule has 4 unspecified atom stereocenters. The smallest absolute Gasteiger partial charge is 0.326 e. The van der Waals surface area contributed by atoms with Crippen molar-refractivity contribution in [2.75, 3.05) is 6.54 Å². The van der Waals surface area contributed by atoms with Crippen LogP contribution in [0.4, 0.5) is 0 Å². The lowest BCUT2D eigenvalue weighted by Gasteiger charge is -2.24. The topological polar surface area (TPSA) is 245 Å². The van der Waals surface area contributed by atoms with Crippen molar-refractivity contribution in [2.24, 2.45) is 5.73 Å². The molecule has 3 amide bonds. The molecule has 164 valence electrons. The van der Waals surface area contributed by atoms with Crippen molar-refractivity contribution < 1.29 is 49.2 Å². The van der Waals surface area contributed by atoms with E-state index in [1.807, 2.05) is 10.6 Å². The SMILES string of the molecule is CC(O)C(NC(=O)CN)C(=O)NC(CC(=O)O)C(=O)NC(CCC(=O)O)C(=O)O. The second-order valence-electron chi connectivity index (χ2n) is 5.98. The fraction of sp³-hybridized carbons (Fsp3) is 0.600. The number of nitrogens with two attached hydrogens (primary N) is 1. The number of amides is 3. The third-order valence-electron chi connectivity index (χ3n) is 3.54. The van der Waals surface area contributed by atoms with Gasteiger partial charge < -0.3 is 42.1 Å². The number of rotatable bonds is 13. The highest BCUT2D eigenvalue weighted by atomic mass is 16.4. The molecule has 0 bridgehead atoms. The second kappa shape index (κ2) is 12.2. The maximum absolute atomic E-state index is 12.3. The molecule has 29 heavy (non-hydrogen) atoms. The third-order valence-corrected chi connectivity index (χ3v) is 3.54. The molecule has 0 spiro atoms. The van der Waals surface area contributed by atoms with Crippen LogP contribution in [0, 0.1) is 0 Å². The molecule has 0 saturated heterocycles. The Morgan fingerprint density at radius 2 is 1.41 bits per heavy atom. The highest BCUT2D eigenvalue weighted by Gasteiger charge is 2.32. The van der Waals surface area contributed by atoms with Gasteiger partial charge in [0.1, 0.15) is 18.1 Å². The van der Waals surface area contributed by atoms with Gasteiger partial charge in [0.05, 0.1) is 19.1 Å². The molecular weight excluding hydrogens is 396 g/mol. The van der Waals surface area contributed by atoms with E-state index in [1.54, 1.807) is 0 Å². The highest BCUT2D eigenvalue weighted by Crippen LogP contribution is 2.03. The Morgan fingerprint density at radius 3 is 1.83 bits per heavy atom. The van der Waals surface area contributed by atoms with Crippen LogP contribution >= 0.6 is 0 Å². The Balaban J connectivity index is 5.35. The van der Waals surface area contributed by atoms with E-state index in [-0.39, 0.29) is 0 Å². The van der Waals surface area contributed by atoms with Crippen LogP contribution in [0.5, 0.6) is 0 Å². The van der Waals surface area contributed by atoms with Gasteiger partial charge >= 0.3 is 17.9 Å². The summed E-state index contributed by atoms with van der Waals surface area (Å²) in [7, 11) is 0. The predicted molar refractivity (Wildman–Crippen MR) is 93.3 cm³/mol. The van der Waals surface area contributed by atoms with Gasteiger partial charge in [-0.15, -0.1) is 0 Å². The number of carbonyl (C=O) groups is 6. The molecule has 0 rings (SSSR count). The summed E-state index contributed by atoms with van der Waals surface area (Å²) in [5, 5.41) is 42.3. The van der Waals surface area contributed by atoms with E-state index in [1.165, 1.54) is 0 Å². The molecule has 0 aliphatic heterocycles. The van der Waals surface area contributed by atoms with E-state index in [9.17, 15) is 33.9 Å². The largest absolute Gasteiger partial charge is 0.481 e. The Bertz CT molecular complexity index is 651. The number of hydrogen-bond acceptors (Lipinski definition) is 8. The zero-order valence-corrected chi connectivity index (χ0v) is 15.5. The Hall–Kier alpha value is -3.26. The standard InChI is InChI=1S/C15H24N4O10/c1-6(20)12(19-9(21)5-16)14(27)18-8(4-11(24)25)13(26)17-7(15(28)29)2-3-10(22)23/h6-8,12,20H,2-5,16H2,1H3,(H,17,26)(H,18,27)(H,19,21)(H,22,23)(H,24,25)(H,28,29). The van der Waals surface area contributed by atoms with Crippen LogP contribution < -0.4 is 21.7 Å². The molecule has 0 aromatic carbocycles. The van der Waals surface area contributed by atoms with Gasteiger partial charge in [-0.3, -0.25) is 24.0 Å². The summed E-state index contributed by atoms with van der Waals surface area (Å²) in [6.45, 7) is 0.652. The van der Waals surface area contributed by atoms with Crippen LogP contribution in [0.2, 0.25) is 0 Å². The van der Waals surface area contributed by atoms with Crippen molar-refractivity contribution in [1.82, 2.24) is 16.0 Å². The molecule has 14 heteroatoms. The first kappa shape index (κ1) is 25.7. The summed E-state index contributed by atoms with van der Waals surface area (Å²) in [5.74, 6) is -7.49. The minimum atomic E-state index is -1.76. The maximum atomic E-state index is 12.3. The monoisotopic (exact) mass is 420 g/mol. The van der Waals surface area contributed by atoms with Gasteiger partial charge in [-0.1, -0.05) is 0 Å². The van der Waals surface area contributed by atoms with Crippen molar-refractivity contribution in [3.63, 3.8) is 0 Å². The van der Waals surface area contributed by atoms with Gasteiger partial charge in [0.2, 0.25) is 17.7 Å². The van der Waals surface area contributed by atoms with Crippen LogP contribution in [-0.4, -0.2) is 86.8 Å². The van der Waals surface area contributed by atoms with Gasteiger partial charge in [-0.2, -0.15) is 0 Å². The quantitative estimate of drug-likeness (QED) is 0.143. The summed E-state index contributed by atoms with van der Waals surface area (Å²) in [5.41, 5.74) is 5.10. The van der Waals surface area contributed by atoms with Crippen LogP contribution in [0.3, 0.4) is 0 Å². The van der Waals surface area contributed by atoms with Crippen LogP contribution in [-0.2, 0) is 28.8 Å². The molecule has 0 heterocycles. The number of aliphatic hydroxyl groups excluding tert-OH is 1. The minimum absolute atomic E-state index is 0.479. The number of carboxylic acid groups (broad SMARTS) is 3. The first-order valence-electron chi connectivity index (χ1n) is 8.33. The zero-order valence-electron chi connectivity index (χ0n) is 15.5. The Morgan fingerprint density at radius 1 is 0.862 bits per heavy atom. The van der Waals surface area contributed by atoms with Gasteiger partial charge in [0.15, 0.2) is 0 Å². The van der Waals surface area contributed by atoms with Crippen molar-refractivity contribution >= 4 is 35.6 Å². The zero-order chi connectivity index (χ0) is 22.7. The van der Waals surface area contributed by atoms with E-state index < -0.39 is 85.7 Å². The predicted octanol–water partition coefficient (Wildman–Crippen LogP) is -3.80. The minimum Gasteiger partial charge on any atom is -0.481 e. The number of carboxylic acids is 3. The summed E-state index contributed by atoms with van der Waals surface area (Å²) in [6.07, 6.45) is -3.43. The molecular formula is C15H24N4O10. The molecule has 0 radical (unpaired) electrons. The summed E-state index contributed by atoms with van der Waals surface area (Å²) >= 11 is 0. The van der Waals surface area contributed by atoms with Crippen LogP contribution in [0.15, 0.2) is 0 Å². The normalized spacial score (nSPS) is 14.6. The maximum Gasteiger partial charge on any atom is 0.326 e. The second-order valence-corrected chi connectivity index (χ2v) is 5.98. The number of aliphatic carboxylic acids is 3. The molecule has 0 aromatic heterocycles. The molecule has 0 fully saturated rings. The average molecular weight is 420 g/mol. The lowest BCUT2D eigenvalue weighted by Crippen LogP contribution is -2.59. The summed E-state index contributed by atoms with van der Waals surface area (Å²) in [4.78, 5) is 68.7. The van der Waals surface area contributed by atoms with Crippen molar-refractivity contribution in [1.29, 1.82) is 0 Å². The fourth-order valence-corrected chi connectivity index (χ4v) is 2.08.